The van der Waals surface area contributed by atoms with Gasteiger partial charge in [0.1, 0.15) is 0 Å². The van der Waals surface area contributed by atoms with Crippen molar-refractivity contribution in [2.24, 2.45) is 0 Å². The van der Waals surface area contributed by atoms with Crippen LogP contribution >= 0.6 is 11.8 Å². The van der Waals surface area contributed by atoms with Gasteiger partial charge in [0.15, 0.2) is 11.0 Å². The second kappa shape index (κ2) is 8.22. The molecule has 0 radical (unpaired) electrons. The van der Waals surface area contributed by atoms with Gasteiger partial charge in [-0.2, -0.15) is 0 Å². The van der Waals surface area contributed by atoms with Crippen molar-refractivity contribution in [2.45, 2.75) is 24.4 Å². The minimum absolute atomic E-state index is 0.517. The topological polar surface area (TPSA) is 69.6 Å². The number of hydrogen-bond acceptors (Lipinski definition) is 6. The molecule has 0 fully saturated rings. The van der Waals surface area contributed by atoms with Crippen LogP contribution in [0.4, 0.5) is 0 Å². The number of nitrogens with zero attached hydrogens (tertiary/aromatic N) is 5. The predicted octanol–water partition coefficient (Wildman–Crippen LogP) is 4.78. The molecule has 0 spiro atoms. The minimum atomic E-state index is 0.517. The van der Waals surface area contributed by atoms with E-state index >= 15 is 0 Å². The van der Waals surface area contributed by atoms with Crippen LogP contribution in [0.1, 0.15) is 11.5 Å². The molecule has 0 N–H and O–H groups in total. The third-order valence-corrected chi connectivity index (χ3v) is 5.10. The second-order valence-electron chi connectivity index (χ2n) is 6.23. The molecule has 4 rings (SSSR count). The van der Waals surface area contributed by atoms with Gasteiger partial charge in [-0.05, 0) is 19.1 Å². The van der Waals surface area contributed by atoms with Crippen molar-refractivity contribution in [3.63, 3.8) is 0 Å². The van der Waals surface area contributed by atoms with E-state index in [0.717, 1.165) is 22.1 Å². The van der Waals surface area contributed by atoms with Crippen molar-refractivity contribution < 1.29 is 4.42 Å². The first-order valence-corrected chi connectivity index (χ1v) is 9.85. The van der Waals surface area contributed by atoms with E-state index < -0.39 is 0 Å². The van der Waals surface area contributed by atoms with E-state index in [4.69, 9.17) is 4.42 Å². The lowest BCUT2D eigenvalue weighted by atomic mass is 10.1. The fourth-order valence-corrected chi connectivity index (χ4v) is 3.53. The van der Waals surface area contributed by atoms with Gasteiger partial charge in [-0.25, -0.2) is 0 Å². The fraction of sp³-hybridized carbons (Fsp3) is 0.143. The fourth-order valence-electron chi connectivity index (χ4n) is 2.74. The van der Waals surface area contributed by atoms with Gasteiger partial charge in [0, 0.05) is 17.7 Å². The summed E-state index contributed by atoms with van der Waals surface area (Å²) in [6.07, 6.45) is 1.84. The van der Waals surface area contributed by atoms with Crippen molar-refractivity contribution in [1.82, 2.24) is 25.0 Å². The normalized spacial score (nSPS) is 10.9. The largest absolute Gasteiger partial charge is 0.420 e. The van der Waals surface area contributed by atoms with Crippen LogP contribution in [0.2, 0.25) is 0 Å². The maximum Gasteiger partial charge on any atom is 0.247 e. The second-order valence-corrected chi connectivity index (χ2v) is 7.17. The van der Waals surface area contributed by atoms with Crippen LogP contribution in [0.3, 0.4) is 0 Å². The molecule has 0 aliphatic heterocycles. The van der Waals surface area contributed by atoms with Crippen LogP contribution in [-0.2, 0) is 12.3 Å². The van der Waals surface area contributed by atoms with Crippen LogP contribution in [0.15, 0.2) is 76.8 Å². The lowest BCUT2D eigenvalue weighted by molar-refractivity contribution is 0.528. The van der Waals surface area contributed by atoms with Gasteiger partial charge < -0.3 is 4.42 Å². The molecule has 0 saturated heterocycles. The predicted molar refractivity (Wildman–Crippen MR) is 110 cm³/mol. The Morgan fingerprint density at radius 1 is 0.964 bits per heavy atom. The van der Waals surface area contributed by atoms with Gasteiger partial charge in [-0.15, -0.1) is 27.0 Å². The van der Waals surface area contributed by atoms with Gasteiger partial charge in [-0.1, -0.05) is 65.9 Å². The molecule has 4 aromatic rings. The number of thioether (sulfide) groups is 1. The molecule has 2 aromatic carbocycles. The van der Waals surface area contributed by atoms with Crippen molar-refractivity contribution in [1.29, 1.82) is 0 Å². The third kappa shape index (κ3) is 3.89. The zero-order chi connectivity index (χ0) is 19.3. The van der Waals surface area contributed by atoms with E-state index in [1.165, 1.54) is 17.3 Å². The highest BCUT2D eigenvalue weighted by atomic mass is 32.2. The smallest absolute Gasteiger partial charge is 0.247 e. The van der Waals surface area contributed by atoms with Crippen LogP contribution in [0.25, 0.3) is 22.8 Å². The Labute approximate surface area is 167 Å². The van der Waals surface area contributed by atoms with E-state index in [2.05, 4.69) is 58.2 Å². The highest BCUT2D eigenvalue weighted by Gasteiger charge is 2.15. The number of benzene rings is 2. The van der Waals surface area contributed by atoms with Gasteiger partial charge in [0.25, 0.3) is 0 Å². The molecular weight excluding hydrogens is 370 g/mol. The monoisotopic (exact) mass is 389 g/mol. The molecule has 0 aliphatic carbocycles. The van der Waals surface area contributed by atoms with Gasteiger partial charge in [-0.3, -0.25) is 4.57 Å². The first-order valence-electron chi connectivity index (χ1n) is 8.86. The summed E-state index contributed by atoms with van der Waals surface area (Å²) in [7, 11) is 0. The molecule has 0 amide bonds. The highest BCUT2D eigenvalue weighted by molar-refractivity contribution is 7.98. The number of rotatable bonds is 7. The number of aryl methyl sites for hydroxylation is 1. The summed E-state index contributed by atoms with van der Waals surface area (Å²) in [4.78, 5) is 0. The summed E-state index contributed by atoms with van der Waals surface area (Å²) in [5.41, 5.74) is 3.14. The summed E-state index contributed by atoms with van der Waals surface area (Å²) in [5.74, 6) is 2.40. The Kier molecular flexibility index (Phi) is 5.34. The lowest BCUT2D eigenvalue weighted by Gasteiger charge is -2.07. The highest BCUT2D eigenvalue weighted by Crippen LogP contribution is 2.27. The zero-order valence-electron chi connectivity index (χ0n) is 15.4. The van der Waals surface area contributed by atoms with E-state index in [1.807, 2.05) is 41.0 Å². The number of hydrogen-bond donors (Lipinski definition) is 0. The molecule has 2 aromatic heterocycles. The maximum atomic E-state index is 5.78. The standard InChI is InChI=1S/C21H19N5OS/c1-3-13-26-19(16-11-9-15(2)10-12-16)23-25-21(26)28-14-18-22-24-20(27-18)17-7-5-4-6-8-17/h3-12H,1,13-14H2,2H3. The molecule has 140 valence electrons. The Balaban J connectivity index is 1.53. The molecule has 2 heterocycles. The summed E-state index contributed by atoms with van der Waals surface area (Å²) >= 11 is 1.51. The van der Waals surface area contributed by atoms with E-state index in [1.54, 1.807) is 0 Å². The maximum absolute atomic E-state index is 5.78. The van der Waals surface area contributed by atoms with Gasteiger partial charge >= 0.3 is 0 Å². The average Bonchev–Trinajstić information content (AvgIpc) is 3.35. The van der Waals surface area contributed by atoms with E-state index in [0.29, 0.717) is 24.1 Å². The first-order chi connectivity index (χ1) is 13.7. The average molecular weight is 389 g/mol. The van der Waals surface area contributed by atoms with Crippen molar-refractivity contribution in [2.75, 3.05) is 0 Å². The van der Waals surface area contributed by atoms with E-state index in [-0.39, 0.29) is 0 Å². The van der Waals surface area contributed by atoms with Crippen molar-refractivity contribution in [3.05, 3.63) is 78.7 Å². The minimum Gasteiger partial charge on any atom is -0.420 e. The van der Waals surface area contributed by atoms with Crippen molar-refractivity contribution in [3.8, 4) is 22.8 Å². The lowest BCUT2D eigenvalue weighted by Crippen LogP contribution is -2.00. The molecule has 0 saturated carbocycles. The molecule has 0 aliphatic rings. The molecule has 0 atom stereocenters. The Bertz CT molecular complexity index is 1070. The molecular formula is C21H19N5OS. The Hall–Kier alpha value is -3.19. The van der Waals surface area contributed by atoms with Crippen LogP contribution in [0, 0.1) is 6.92 Å². The summed E-state index contributed by atoms with van der Waals surface area (Å²) in [5, 5.41) is 17.8. The van der Waals surface area contributed by atoms with Crippen LogP contribution in [0.5, 0.6) is 0 Å². The van der Waals surface area contributed by atoms with Gasteiger partial charge in [0.05, 0.1) is 5.75 Å². The number of allylic oxidation sites excluding steroid dienone is 1. The molecule has 28 heavy (non-hydrogen) atoms. The quantitative estimate of drug-likeness (QED) is 0.335. The Morgan fingerprint density at radius 2 is 1.75 bits per heavy atom. The van der Waals surface area contributed by atoms with Gasteiger partial charge in [0.2, 0.25) is 11.8 Å². The summed E-state index contributed by atoms with van der Waals surface area (Å²) in [6, 6.07) is 18.0. The van der Waals surface area contributed by atoms with Crippen molar-refractivity contribution >= 4 is 11.8 Å². The number of aromatic nitrogens is 5. The first kappa shape index (κ1) is 18.2. The summed E-state index contributed by atoms with van der Waals surface area (Å²) < 4.78 is 7.81. The third-order valence-electron chi connectivity index (χ3n) is 4.15. The molecule has 6 nitrogen and oxygen atoms in total. The summed E-state index contributed by atoms with van der Waals surface area (Å²) in [6.45, 7) is 6.54. The SMILES string of the molecule is C=CCn1c(SCc2nnc(-c3ccccc3)o2)nnc1-c1ccc(C)cc1. The molecule has 7 heteroatoms. The Morgan fingerprint density at radius 3 is 2.50 bits per heavy atom. The van der Waals surface area contributed by atoms with E-state index in [9.17, 15) is 0 Å². The molecule has 0 unspecified atom stereocenters. The van der Waals surface area contributed by atoms with Crippen LogP contribution in [-0.4, -0.2) is 25.0 Å². The van der Waals surface area contributed by atoms with Crippen LogP contribution < -0.4 is 0 Å². The molecule has 0 bridgehead atoms. The zero-order valence-corrected chi connectivity index (χ0v) is 16.3.